The summed E-state index contributed by atoms with van der Waals surface area (Å²) in [5.74, 6) is -5.12. The zero-order valence-electron chi connectivity index (χ0n) is 22.6. The number of aliphatic hydroxyl groups is 3. The Kier molecular flexibility index (Phi) is 7.12. The second-order valence-corrected chi connectivity index (χ2v) is 11.8. The summed E-state index contributed by atoms with van der Waals surface area (Å²) in [6.45, 7) is 8.24. The maximum absolute atomic E-state index is 12.9. The fourth-order valence-corrected chi connectivity index (χ4v) is 7.11. The van der Waals surface area contributed by atoms with Gasteiger partial charge in [-0.15, -0.1) is 0 Å². The lowest BCUT2D eigenvalue weighted by atomic mass is 9.52. The van der Waals surface area contributed by atoms with Crippen LogP contribution in [0, 0.1) is 17.3 Å². The largest absolute Gasteiger partial charge is 0.462 e. The molecular weight excluding hydrogens is 504 g/mol. The van der Waals surface area contributed by atoms with Crippen molar-refractivity contribution in [2.24, 2.45) is 17.3 Å². The van der Waals surface area contributed by atoms with Crippen LogP contribution in [0.25, 0.3) is 0 Å². The van der Waals surface area contributed by atoms with Gasteiger partial charge < -0.3 is 39.0 Å². The van der Waals surface area contributed by atoms with Gasteiger partial charge in [-0.1, -0.05) is 6.92 Å². The fraction of sp³-hybridized carbons (Fsp3) is 0.846. The molecule has 12 heteroatoms. The van der Waals surface area contributed by atoms with E-state index in [9.17, 15) is 34.5 Å². The number of carbonyl (C=O) groups is 4. The Hall–Kier alpha value is -2.28. The van der Waals surface area contributed by atoms with Crippen LogP contribution >= 0.6 is 0 Å². The number of rotatable bonds is 3. The molecule has 4 aliphatic rings. The van der Waals surface area contributed by atoms with Gasteiger partial charge in [0, 0.05) is 26.7 Å². The van der Waals surface area contributed by atoms with Gasteiger partial charge in [-0.2, -0.15) is 0 Å². The van der Waals surface area contributed by atoms with Crippen LogP contribution < -0.4 is 0 Å². The number of esters is 4. The molecule has 0 aromatic carbocycles. The van der Waals surface area contributed by atoms with E-state index in [0.717, 1.165) is 6.92 Å². The van der Waals surface area contributed by atoms with Crippen LogP contribution in [0.1, 0.15) is 67.2 Å². The third-order valence-corrected chi connectivity index (χ3v) is 9.22. The summed E-state index contributed by atoms with van der Waals surface area (Å²) < 4.78 is 28.8. The highest BCUT2D eigenvalue weighted by atomic mass is 16.6. The number of ether oxygens (including phenoxy) is 5. The monoisotopic (exact) mass is 542 g/mol. The van der Waals surface area contributed by atoms with Gasteiger partial charge in [0.1, 0.15) is 24.4 Å². The molecule has 2 heterocycles. The van der Waals surface area contributed by atoms with Gasteiger partial charge in [0.05, 0.1) is 29.1 Å². The van der Waals surface area contributed by atoms with Crippen molar-refractivity contribution >= 4 is 23.9 Å². The average Bonchev–Trinajstić information content (AvgIpc) is 3.53. The molecule has 214 valence electrons. The first-order valence-electron chi connectivity index (χ1n) is 13.0. The molecule has 0 radical (unpaired) electrons. The molecule has 2 aliphatic heterocycles. The molecule has 2 aliphatic carbocycles. The first-order chi connectivity index (χ1) is 17.5. The normalized spacial score (nSPS) is 48.2. The van der Waals surface area contributed by atoms with Crippen molar-refractivity contribution in [3.05, 3.63) is 0 Å². The van der Waals surface area contributed by atoms with Crippen molar-refractivity contribution in [1.82, 2.24) is 0 Å². The molecule has 0 aromatic rings. The lowest BCUT2D eigenvalue weighted by Crippen LogP contribution is -2.72. The van der Waals surface area contributed by atoms with Crippen LogP contribution in [0.4, 0.5) is 0 Å². The molecule has 12 nitrogen and oxygen atoms in total. The average molecular weight is 543 g/mol. The third kappa shape index (κ3) is 4.39. The van der Waals surface area contributed by atoms with E-state index in [4.69, 9.17) is 23.7 Å². The van der Waals surface area contributed by atoms with Gasteiger partial charge >= 0.3 is 23.9 Å². The van der Waals surface area contributed by atoms with Crippen molar-refractivity contribution in [2.75, 3.05) is 6.61 Å². The van der Waals surface area contributed by atoms with E-state index in [0.29, 0.717) is 12.8 Å². The summed E-state index contributed by atoms with van der Waals surface area (Å²) in [6, 6.07) is 0. The standard InChI is InChI=1S/C26H38O12/c1-12-22(31)38-21-19(30)23(5,32)9-7-16(35-13(2)27)24(6)17(36-14(3)28)8-10-25(11-34-25)18(24)20(26(12,21)33)37-15(4)29/h12,16-21,30,32-33H,7-11H2,1-6H3/t12-,16-,17-,18+,19+,20?,21-,23+,24-,25-,26+/m0/s1. The minimum atomic E-state index is -2.33. The van der Waals surface area contributed by atoms with E-state index in [1.807, 2.05) is 0 Å². The predicted molar refractivity (Wildman–Crippen MR) is 126 cm³/mol. The molecule has 0 aromatic heterocycles. The molecule has 1 spiro atoms. The SMILES string of the molecule is CC(=O)OC1[C@H]2[C@]3(CC[C@H](OC(C)=O)[C@]2(C)[C@@H](OC(C)=O)CC[C@@](C)(O)[C@H](O)[C@@H]2OC(=O)[C@H](C)[C@@]12O)CO3. The topological polar surface area (TPSA) is 178 Å². The number of carbonyl (C=O) groups excluding carboxylic acids is 4. The Morgan fingerprint density at radius 1 is 0.921 bits per heavy atom. The van der Waals surface area contributed by atoms with E-state index < -0.39 is 88.5 Å². The molecule has 4 fully saturated rings. The van der Waals surface area contributed by atoms with Gasteiger partial charge in [-0.05, 0) is 39.5 Å². The van der Waals surface area contributed by atoms with Gasteiger partial charge in [-0.3, -0.25) is 19.2 Å². The highest BCUT2D eigenvalue weighted by Crippen LogP contribution is 2.62. The van der Waals surface area contributed by atoms with E-state index in [1.165, 1.54) is 27.7 Å². The lowest BCUT2D eigenvalue weighted by molar-refractivity contribution is -0.263. The van der Waals surface area contributed by atoms with E-state index in [2.05, 4.69) is 0 Å². The number of aliphatic hydroxyl groups excluding tert-OH is 1. The van der Waals surface area contributed by atoms with Crippen LogP contribution in [0.5, 0.6) is 0 Å². The summed E-state index contributed by atoms with van der Waals surface area (Å²) in [5.41, 5.74) is -6.55. The first-order valence-corrected chi connectivity index (χ1v) is 13.0. The van der Waals surface area contributed by atoms with Gasteiger partial charge in [0.2, 0.25) is 0 Å². The van der Waals surface area contributed by atoms with Crippen LogP contribution in [0.15, 0.2) is 0 Å². The summed E-state index contributed by atoms with van der Waals surface area (Å²) in [5, 5.41) is 35.0. The second-order valence-electron chi connectivity index (χ2n) is 11.8. The molecule has 1 unspecified atom stereocenters. The Morgan fingerprint density at radius 2 is 1.42 bits per heavy atom. The van der Waals surface area contributed by atoms with E-state index in [1.54, 1.807) is 6.92 Å². The second kappa shape index (κ2) is 9.42. The maximum Gasteiger partial charge on any atom is 0.312 e. The van der Waals surface area contributed by atoms with E-state index >= 15 is 0 Å². The van der Waals surface area contributed by atoms with Crippen molar-refractivity contribution in [3.63, 3.8) is 0 Å². The minimum absolute atomic E-state index is 0.00588. The number of fused-ring (bicyclic) bond motifs is 3. The Balaban J connectivity index is 2.02. The van der Waals surface area contributed by atoms with Crippen molar-refractivity contribution in [2.45, 2.75) is 115 Å². The molecular formula is C26H38O12. The quantitative estimate of drug-likeness (QED) is 0.250. The van der Waals surface area contributed by atoms with Crippen LogP contribution in [0.3, 0.4) is 0 Å². The number of epoxide rings is 1. The van der Waals surface area contributed by atoms with Crippen molar-refractivity contribution < 1.29 is 58.2 Å². The molecule has 2 saturated heterocycles. The molecule has 11 atom stereocenters. The summed E-state index contributed by atoms with van der Waals surface area (Å²) in [4.78, 5) is 50.0. The number of hydrogen-bond donors (Lipinski definition) is 3. The first kappa shape index (κ1) is 28.7. The zero-order chi connectivity index (χ0) is 28.4. The fourth-order valence-electron chi connectivity index (χ4n) is 7.11. The summed E-state index contributed by atoms with van der Waals surface area (Å²) in [6.07, 6.45) is -6.33. The molecule has 0 bridgehead atoms. The van der Waals surface area contributed by atoms with Crippen molar-refractivity contribution in [3.8, 4) is 0 Å². The third-order valence-electron chi connectivity index (χ3n) is 9.22. The zero-order valence-corrected chi connectivity index (χ0v) is 22.6. The minimum Gasteiger partial charge on any atom is -0.462 e. The Morgan fingerprint density at radius 3 is 1.89 bits per heavy atom. The molecule has 38 heavy (non-hydrogen) atoms. The van der Waals surface area contributed by atoms with Gasteiger partial charge in [0.15, 0.2) is 11.7 Å². The van der Waals surface area contributed by atoms with Crippen molar-refractivity contribution in [1.29, 1.82) is 0 Å². The van der Waals surface area contributed by atoms with Crippen LogP contribution in [-0.2, 0) is 42.9 Å². The molecule has 4 rings (SSSR count). The lowest BCUT2D eigenvalue weighted by Gasteiger charge is -2.57. The highest BCUT2D eigenvalue weighted by molar-refractivity contribution is 5.77. The van der Waals surface area contributed by atoms with Gasteiger partial charge in [-0.25, -0.2) is 0 Å². The molecule has 0 amide bonds. The Labute approximate surface area is 220 Å². The Bertz CT molecular complexity index is 1000. The summed E-state index contributed by atoms with van der Waals surface area (Å²) >= 11 is 0. The molecule has 3 N–H and O–H groups in total. The highest BCUT2D eigenvalue weighted by Gasteiger charge is 2.76. The van der Waals surface area contributed by atoms with Gasteiger partial charge in [0.25, 0.3) is 0 Å². The maximum atomic E-state index is 12.9. The molecule has 2 saturated carbocycles. The van der Waals surface area contributed by atoms with E-state index in [-0.39, 0.29) is 19.4 Å². The van der Waals surface area contributed by atoms with Crippen LogP contribution in [-0.4, -0.2) is 93.1 Å². The summed E-state index contributed by atoms with van der Waals surface area (Å²) in [7, 11) is 0. The smallest absolute Gasteiger partial charge is 0.312 e. The predicted octanol–water partition coefficient (Wildman–Crippen LogP) is 0.165. The number of hydrogen-bond acceptors (Lipinski definition) is 12. The van der Waals surface area contributed by atoms with Crippen LogP contribution in [0.2, 0.25) is 0 Å².